The SMILES string of the molecule is Cc1ccc(-c2csc3ncn(CC(=O)N4Cc5ccccc5C[C@@H]4C(N)=O)c(=O)c23)cc1. The molecule has 0 aliphatic carbocycles. The predicted molar refractivity (Wildman–Crippen MR) is 128 cm³/mol. The molecule has 33 heavy (non-hydrogen) atoms. The summed E-state index contributed by atoms with van der Waals surface area (Å²) in [6, 6.07) is 14.9. The van der Waals surface area contributed by atoms with E-state index in [9.17, 15) is 14.4 Å². The van der Waals surface area contributed by atoms with Crippen LogP contribution in [0.5, 0.6) is 0 Å². The van der Waals surface area contributed by atoms with Gasteiger partial charge < -0.3 is 10.6 Å². The van der Waals surface area contributed by atoms with E-state index in [1.807, 2.05) is 60.8 Å². The van der Waals surface area contributed by atoms with Gasteiger partial charge in [-0.25, -0.2) is 4.98 Å². The summed E-state index contributed by atoms with van der Waals surface area (Å²) in [6.07, 6.45) is 1.76. The van der Waals surface area contributed by atoms with E-state index in [1.165, 1.54) is 27.1 Å². The summed E-state index contributed by atoms with van der Waals surface area (Å²) >= 11 is 1.40. The lowest BCUT2D eigenvalue weighted by atomic mass is 9.93. The van der Waals surface area contributed by atoms with E-state index in [1.54, 1.807) is 0 Å². The second kappa shape index (κ2) is 8.29. The number of thiophene rings is 1. The van der Waals surface area contributed by atoms with Crippen molar-refractivity contribution in [1.29, 1.82) is 0 Å². The Labute approximate surface area is 194 Å². The largest absolute Gasteiger partial charge is 0.368 e. The predicted octanol–water partition coefficient (Wildman–Crippen LogP) is 2.87. The van der Waals surface area contributed by atoms with Crippen LogP contribution in [0, 0.1) is 6.92 Å². The third kappa shape index (κ3) is 3.82. The molecular weight excluding hydrogens is 436 g/mol. The summed E-state index contributed by atoms with van der Waals surface area (Å²) in [6.45, 7) is 2.07. The molecule has 2 N–H and O–H groups in total. The molecule has 4 aromatic rings. The zero-order valence-electron chi connectivity index (χ0n) is 18.0. The van der Waals surface area contributed by atoms with E-state index in [0.717, 1.165) is 27.8 Å². The average molecular weight is 459 g/mol. The molecule has 2 amide bonds. The first-order valence-corrected chi connectivity index (χ1v) is 11.5. The van der Waals surface area contributed by atoms with Gasteiger partial charge in [0, 0.05) is 23.9 Å². The molecule has 0 saturated heterocycles. The van der Waals surface area contributed by atoms with Crippen molar-refractivity contribution in [3.63, 3.8) is 0 Å². The van der Waals surface area contributed by atoms with Crippen molar-refractivity contribution in [2.24, 2.45) is 5.73 Å². The Morgan fingerprint density at radius 2 is 1.85 bits per heavy atom. The maximum Gasteiger partial charge on any atom is 0.263 e. The molecule has 0 bridgehead atoms. The molecule has 1 aliphatic heterocycles. The Bertz CT molecular complexity index is 1440. The van der Waals surface area contributed by atoms with E-state index in [2.05, 4.69) is 4.98 Å². The molecular formula is C25H22N4O3S. The fraction of sp³-hybridized carbons (Fsp3) is 0.200. The van der Waals surface area contributed by atoms with Crippen molar-refractivity contribution < 1.29 is 9.59 Å². The highest BCUT2D eigenvalue weighted by Crippen LogP contribution is 2.31. The number of rotatable bonds is 4. The first kappa shape index (κ1) is 21.1. The number of hydrogen-bond donors (Lipinski definition) is 1. The third-order valence-corrected chi connectivity index (χ3v) is 7.01. The van der Waals surface area contributed by atoms with E-state index in [-0.39, 0.29) is 24.6 Å². The maximum atomic E-state index is 13.3. The lowest BCUT2D eigenvalue weighted by Crippen LogP contribution is -2.52. The summed E-state index contributed by atoms with van der Waals surface area (Å²) in [5, 5.41) is 2.41. The molecule has 2 aromatic heterocycles. The lowest BCUT2D eigenvalue weighted by Gasteiger charge is -2.35. The normalized spacial score (nSPS) is 15.4. The average Bonchev–Trinajstić information content (AvgIpc) is 3.25. The molecule has 0 radical (unpaired) electrons. The van der Waals surface area contributed by atoms with Crippen LogP contribution in [0.4, 0.5) is 0 Å². The summed E-state index contributed by atoms with van der Waals surface area (Å²) in [5.74, 6) is -0.901. The summed E-state index contributed by atoms with van der Waals surface area (Å²) in [7, 11) is 0. The van der Waals surface area contributed by atoms with Gasteiger partial charge in [-0.05, 0) is 23.6 Å². The van der Waals surface area contributed by atoms with Gasteiger partial charge in [0.05, 0.1) is 11.7 Å². The first-order chi connectivity index (χ1) is 15.9. The van der Waals surface area contributed by atoms with Gasteiger partial charge >= 0.3 is 0 Å². The fourth-order valence-corrected chi connectivity index (χ4v) is 5.21. The van der Waals surface area contributed by atoms with Crippen molar-refractivity contribution in [1.82, 2.24) is 14.5 Å². The van der Waals surface area contributed by atoms with Gasteiger partial charge in [-0.2, -0.15) is 0 Å². The maximum absolute atomic E-state index is 13.3. The van der Waals surface area contributed by atoms with Crippen LogP contribution >= 0.6 is 11.3 Å². The minimum atomic E-state index is -0.746. The Morgan fingerprint density at radius 1 is 1.12 bits per heavy atom. The van der Waals surface area contributed by atoms with Gasteiger partial charge in [0.2, 0.25) is 11.8 Å². The molecule has 5 rings (SSSR count). The highest BCUT2D eigenvalue weighted by molar-refractivity contribution is 7.17. The van der Waals surface area contributed by atoms with Crippen molar-refractivity contribution in [3.05, 3.63) is 87.3 Å². The smallest absolute Gasteiger partial charge is 0.263 e. The summed E-state index contributed by atoms with van der Waals surface area (Å²) in [5.41, 5.74) is 10.2. The first-order valence-electron chi connectivity index (χ1n) is 10.6. The molecule has 166 valence electrons. The van der Waals surface area contributed by atoms with Crippen LogP contribution in [-0.2, 0) is 29.1 Å². The number of carbonyl (C=O) groups excluding carboxylic acids is 2. The van der Waals surface area contributed by atoms with E-state index in [4.69, 9.17) is 5.73 Å². The van der Waals surface area contributed by atoms with Gasteiger partial charge in [-0.3, -0.25) is 19.0 Å². The zero-order chi connectivity index (χ0) is 23.1. The van der Waals surface area contributed by atoms with Crippen LogP contribution in [0.1, 0.15) is 16.7 Å². The van der Waals surface area contributed by atoms with E-state index in [0.29, 0.717) is 16.6 Å². The standard InChI is InChI=1S/C25H22N4O3S/c1-15-6-8-16(9-7-15)19-13-33-24-22(19)25(32)28(14-27-24)12-21(30)29-11-18-5-3-2-4-17(18)10-20(29)23(26)31/h2-9,13-14,20H,10-12H2,1H3,(H2,26,31)/t20-/m1/s1. The number of nitrogens with zero attached hydrogens (tertiary/aromatic N) is 3. The zero-order valence-corrected chi connectivity index (χ0v) is 18.8. The van der Waals surface area contributed by atoms with Gasteiger partial charge in [0.15, 0.2) is 0 Å². The quantitative estimate of drug-likeness (QED) is 0.508. The van der Waals surface area contributed by atoms with Gasteiger partial charge in [-0.1, -0.05) is 54.1 Å². The minimum Gasteiger partial charge on any atom is -0.368 e. The van der Waals surface area contributed by atoms with Crippen LogP contribution in [-0.4, -0.2) is 32.3 Å². The number of amides is 2. The molecule has 0 unspecified atom stereocenters. The third-order valence-electron chi connectivity index (χ3n) is 6.13. The molecule has 3 heterocycles. The van der Waals surface area contributed by atoms with Crippen LogP contribution in [0.15, 0.2) is 65.0 Å². The molecule has 0 spiro atoms. The van der Waals surface area contributed by atoms with Crippen molar-refractivity contribution >= 4 is 33.4 Å². The second-order valence-electron chi connectivity index (χ2n) is 8.29. The molecule has 0 fully saturated rings. The van der Waals surface area contributed by atoms with E-state index < -0.39 is 11.9 Å². The van der Waals surface area contributed by atoms with Crippen molar-refractivity contribution in [2.75, 3.05) is 0 Å². The van der Waals surface area contributed by atoms with Crippen LogP contribution in [0.2, 0.25) is 0 Å². The van der Waals surface area contributed by atoms with Crippen molar-refractivity contribution in [3.8, 4) is 11.1 Å². The fourth-order valence-electron chi connectivity index (χ4n) is 4.30. The number of benzene rings is 2. The number of aromatic nitrogens is 2. The molecule has 2 aromatic carbocycles. The molecule has 0 saturated carbocycles. The Kier molecular flexibility index (Phi) is 5.30. The Morgan fingerprint density at radius 3 is 2.58 bits per heavy atom. The number of hydrogen-bond acceptors (Lipinski definition) is 5. The summed E-state index contributed by atoms with van der Waals surface area (Å²) < 4.78 is 1.31. The number of fused-ring (bicyclic) bond motifs is 2. The van der Waals surface area contributed by atoms with Gasteiger partial charge in [0.1, 0.15) is 17.4 Å². The number of aryl methyl sites for hydroxylation is 1. The van der Waals surface area contributed by atoms with Crippen LogP contribution < -0.4 is 11.3 Å². The van der Waals surface area contributed by atoms with Crippen molar-refractivity contribution in [2.45, 2.75) is 32.5 Å². The minimum absolute atomic E-state index is 0.211. The Hall–Kier alpha value is -3.78. The number of primary amides is 1. The van der Waals surface area contributed by atoms with Gasteiger partial charge in [-0.15, -0.1) is 11.3 Å². The molecule has 1 aliphatic rings. The highest BCUT2D eigenvalue weighted by Gasteiger charge is 2.33. The van der Waals surface area contributed by atoms with Crippen LogP contribution in [0.3, 0.4) is 0 Å². The lowest BCUT2D eigenvalue weighted by molar-refractivity contribution is -0.141. The molecule has 7 nitrogen and oxygen atoms in total. The molecule has 8 heteroatoms. The summed E-state index contributed by atoms with van der Waals surface area (Å²) in [4.78, 5) is 45.2. The second-order valence-corrected chi connectivity index (χ2v) is 9.14. The number of nitrogens with two attached hydrogens (primary N) is 1. The number of carbonyl (C=O) groups is 2. The topological polar surface area (TPSA) is 98.3 Å². The highest BCUT2D eigenvalue weighted by atomic mass is 32.1. The molecule has 1 atom stereocenters. The van der Waals surface area contributed by atoms with E-state index >= 15 is 0 Å². The van der Waals surface area contributed by atoms with Gasteiger partial charge in [0.25, 0.3) is 5.56 Å². The Balaban J connectivity index is 1.49. The monoisotopic (exact) mass is 458 g/mol. The van der Waals surface area contributed by atoms with Crippen LogP contribution in [0.25, 0.3) is 21.3 Å².